The van der Waals surface area contributed by atoms with Gasteiger partial charge in [-0.2, -0.15) is 5.10 Å². The van der Waals surface area contributed by atoms with E-state index in [1.807, 2.05) is 37.6 Å². The smallest absolute Gasteiger partial charge is 0.229 e. The number of hydrogen-bond donors (Lipinski definition) is 2. The van der Waals surface area contributed by atoms with Gasteiger partial charge in [-0.25, -0.2) is 4.98 Å². The van der Waals surface area contributed by atoms with Crippen molar-refractivity contribution in [2.45, 2.75) is 12.8 Å². The molecule has 0 unspecified atom stereocenters. The van der Waals surface area contributed by atoms with Crippen molar-refractivity contribution in [1.29, 1.82) is 0 Å². The topological polar surface area (TPSA) is 85.0 Å². The molecule has 2 N–H and O–H groups in total. The van der Waals surface area contributed by atoms with Crippen LogP contribution in [0.3, 0.4) is 0 Å². The summed E-state index contributed by atoms with van der Waals surface area (Å²) in [6.07, 6.45) is 3.81. The van der Waals surface area contributed by atoms with Crippen molar-refractivity contribution in [3.8, 4) is 0 Å². The SMILES string of the molecule is Cc1nc2cc(NC(=O)[C@H]3CNC[C@@H]3c3cnn(C)c3)ccc2o1. The lowest BCUT2D eigenvalue weighted by molar-refractivity contribution is -0.119. The van der Waals surface area contributed by atoms with Crippen LogP contribution in [0.4, 0.5) is 5.69 Å². The Bertz CT molecular complexity index is 897. The number of aromatic nitrogens is 3. The molecule has 3 aromatic rings. The van der Waals surface area contributed by atoms with Crippen LogP contribution in [0.1, 0.15) is 17.4 Å². The first-order valence-corrected chi connectivity index (χ1v) is 7.97. The van der Waals surface area contributed by atoms with Gasteiger partial charge in [-0.05, 0) is 23.8 Å². The van der Waals surface area contributed by atoms with E-state index in [1.54, 1.807) is 11.6 Å². The van der Waals surface area contributed by atoms with Crippen LogP contribution in [0.15, 0.2) is 35.0 Å². The van der Waals surface area contributed by atoms with Gasteiger partial charge in [0, 0.05) is 44.9 Å². The first kappa shape index (κ1) is 14.9. The zero-order valence-corrected chi connectivity index (χ0v) is 13.6. The molecule has 0 aliphatic carbocycles. The minimum absolute atomic E-state index is 0.00780. The van der Waals surface area contributed by atoms with Crippen LogP contribution in [0.5, 0.6) is 0 Å². The van der Waals surface area contributed by atoms with Crippen LogP contribution in [-0.4, -0.2) is 33.8 Å². The molecule has 0 spiro atoms. The normalized spacial score (nSPS) is 20.6. The Morgan fingerprint density at radius 2 is 2.29 bits per heavy atom. The van der Waals surface area contributed by atoms with Gasteiger partial charge in [0.15, 0.2) is 11.5 Å². The van der Waals surface area contributed by atoms with Gasteiger partial charge in [-0.1, -0.05) is 0 Å². The van der Waals surface area contributed by atoms with Crippen molar-refractivity contribution in [2.24, 2.45) is 13.0 Å². The number of nitrogens with one attached hydrogen (secondary N) is 2. The maximum absolute atomic E-state index is 12.7. The fourth-order valence-electron chi connectivity index (χ4n) is 3.29. The molecule has 7 heteroatoms. The summed E-state index contributed by atoms with van der Waals surface area (Å²) < 4.78 is 7.23. The van der Waals surface area contributed by atoms with E-state index in [0.29, 0.717) is 12.4 Å². The summed E-state index contributed by atoms with van der Waals surface area (Å²) in [5.41, 5.74) is 3.29. The third-order valence-corrected chi connectivity index (χ3v) is 4.47. The van der Waals surface area contributed by atoms with Gasteiger partial charge in [-0.3, -0.25) is 9.48 Å². The minimum atomic E-state index is -0.121. The van der Waals surface area contributed by atoms with Crippen LogP contribution in [0, 0.1) is 12.8 Å². The van der Waals surface area contributed by atoms with Gasteiger partial charge in [0.05, 0.1) is 12.1 Å². The molecule has 1 amide bonds. The monoisotopic (exact) mass is 325 g/mol. The van der Waals surface area contributed by atoms with Gasteiger partial charge < -0.3 is 15.1 Å². The predicted octanol–water partition coefficient (Wildman–Crippen LogP) is 1.81. The number of oxazole rings is 1. The number of aryl methyl sites for hydroxylation is 2. The molecule has 1 aliphatic heterocycles. The molecule has 0 saturated carbocycles. The van der Waals surface area contributed by atoms with E-state index in [9.17, 15) is 4.79 Å². The predicted molar refractivity (Wildman–Crippen MR) is 89.7 cm³/mol. The Balaban J connectivity index is 1.53. The Hall–Kier alpha value is -2.67. The number of rotatable bonds is 3. The Morgan fingerprint density at radius 3 is 3.08 bits per heavy atom. The number of amides is 1. The van der Waals surface area contributed by atoms with Gasteiger partial charge in [0.2, 0.25) is 5.91 Å². The molecule has 1 aliphatic rings. The summed E-state index contributed by atoms with van der Waals surface area (Å²) in [5, 5.41) is 10.5. The molecule has 4 rings (SSSR count). The standard InChI is InChI=1S/C17H19N5O2/c1-10-20-15-5-12(3-4-16(15)24-10)21-17(23)14-8-18-7-13(14)11-6-19-22(2)9-11/h3-6,9,13-14,18H,7-8H2,1-2H3,(H,21,23)/t13-,14+/m1/s1. The number of carbonyl (C=O) groups is 1. The molecule has 1 aromatic carbocycles. The molecule has 1 saturated heterocycles. The van der Waals surface area contributed by atoms with Crippen molar-refractivity contribution < 1.29 is 9.21 Å². The zero-order valence-electron chi connectivity index (χ0n) is 13.6. The number of anilines is 1. The van der Waals surface area contributed by atoms with E-state index in [2.05, 4.69) is 20.7 Å². The molecule has 0 radical (unpaired) electrons. The Morgan fingerprint density at radius 1 is 1.42 bits per heavy atom. The van der Waals surface area contributed by atoms with E-state index in [0.717, 1.165) is 28.9 Å². The second kappa shape index (κ2) is 5.76. The third-order valence-electron chi connectivity index (χ3n) is 4.47. The Kier molecular flexibility index (Phi) is 3.57. The van der Waals surface area contributed by atoms with Crippen LogP contribution in [-0.2, 0) is 11.8 Å². The Labute approximate surface area is 139 Å². The fraction of sp³-hybridized carbons (Fsp3) is 0.353. The molecular formula is C17H19N5O2. The first-order chi connectivity index (χ1) is 11.6. The van der Waals surface area contributed by atoms with Gasteiger partial charge in [0.25, 0.3) is 0 Å². The van der Waals surface area contributed by atoms with Gasteiger partial charge in [0.1, 0.15) is 5.52 Å². The van der Waals surface area contributed by atoms with Crippen molar-refractivity contribution in [3.63, 3.8) is 0 Å². The summed E-state index contributed by atoms with van der Waals surface area (Å²) in [4.78, 5) is 17.0. The molecule has 2 aromatic heterocycles. The van der Waals surface area contributed by atoms with E-state index in [1.165, 1.54) is 0 Å². The van der Waals surface area contributed by atoms with E-state index in [4.69, 9.17) is 4.42 Å². The second-order valence-corrected chi connectivity index (χ2v) is 6.22. The lowest BCUT2D eigenvalue weighted by Gasteiger charge is -2.17. The molecule has 2 atom stereocenters. The average Bonchev–Trinajstić information content (AvgIpc) is 3.24. The summed E-state index contributed by atoms with van der Waals surface area (Å²) in [6, 6.07) is 5.51. The zero-order chi connectivity index (χ0) is 16.7. The molecule has 3 heterocycles. The highest BCUT2D eigenvalue weighted by Gasteiger charge is 2.34. The van der Waals surface area contributed by atoms with Crippen molar-refractivity contribution >= 4 is 22.7 Å². The number of nitrogens with zero attached hydrogens (tertiary/aromatic N) is 3. The quantitative estimate of drug-likeness (QED) is 0.767. The van der Waals surface area contributed by atoms with Crippen LogP contribution in [0.2, 0.25) is 0 Å². The molecule has 7 nitrogen and oxygen atoms in total. The van der Waals surface area contributed by atoms with Gasteiger partial charge >= 0.3 is 0 Å². The number of carbonyl (C=O) groups excluding carboxylic acids is 1. The van der Waals surface area contributed by atoms with Crippen LogP contribution in [0.25, 0.3) is 11.1 Å². The summed E-state index contributed by atoms with van der Waals surface area (Å²) in [5.74, 6) is 0.638. The molecule has 124 valence electrons. The van der Waals surface area contributed by atoms with Crippen molar-refractivity contribution in [2.75, 3.05) is 18.4 Å². The average molecular weight is 325 g/mol. The summed E-state index contributed by atoms with van der Waals surface area (Å²) in [6.45, 7) is 3.25. The maximum atomic E-state index is 12.7. The largest absolute Gasteiger partial charge is 0.441 e. The van der Waals surface area contributed by atoms with E-state index in [-0.39, 0.29) is 17.7 Å². The highest BCUT2D eigenvalue weighted by molar-refractivity contribution is 5.95. The van der Waals surface area contributed by atoms with Crippen molar-refractivity contribution in [3.05, 3.63) is 42.0 Å². The summed E-state index contributed by atoms with van der Waals surface area (Å²) >= 11 is 0. The number of fused-ring (bicyclic) bond motifs is 1. The molecular weight excluding hydrogens is 306 g/mol. The molecule has 0 bridgehead atoms. The van der Waals surface area contributed by atoms with E-state index >= 15 is 0 Å². The maximum Gasteiger partial charge on any atom is 0.229 e. The number of hydrogen-bond acceptors (Lipinski definition) is 5. The van der Waals surface area contributed by atoms with Gasteiger partial charge in [-0.15, -0.1) is 0 Å². The fourth-order valence-corrected chi connectivity index (χ4v) is 3.29. The third kappa shape index (κ3) is 2.67. The molecule has 1 fully saturated rings. The van der Waals surface area contributed by atoms with E-state index < -0.39 is 0 Å². The summed E-state index contributed by atoms with van der Waals surface area (Å²) in [7, 11) is 1.88. The minimum Gasteiger partial charge on any atom is -0.441 e. The van der Waals surface area contributed by atoms with Crippen LogP contribution < -0.4 is 10.6 Å². The van der Waals surface area contributed by atoms with Crippen LogP contribution >= 0.6 is 0 Å². The highest BCUT2D eigenvalue weighted by Crippen LogP contribution is 2.29. The molecule has 24 heavy (non-hydrogen) atoms. The highest BCUT2D eigenvalue weighted by atomic mass is 16.3. The first-order valence-electron chi connectivity index (χ1n) is 7.97. The van der Waals surface area contributed by atoms with Crippen molar-refractivity contribution in [1.82, 2.24) is 20.1 Å². The number of benzene rings is 1. The lowest BCUT2D eigenvalue weighted by atomic mass is 9.90. The second-order valence-electron chi connectivity index (χ2n) is 6.22. The lowest BCUT2D eigenvalue weighted by Crippen LogP contribution is -2.28.